The molecule has 0 saturated heterocycles. The fourth-order valence-corrected chi connectivity index (χ4v) is 1.91. The molecule has 0 unspecified atom stereocenters. The van der Waals surface area contributed by atoms with Crippen LogP contribution in [0.15, 0.2) is 36.5 Å². The minimum atomic E-state index is -0.252. The van der Waals surface area contributed by atoms with Gasteiger partial charge in [0.05, 0.1) is 15.7 Å². The number of anilines is 1. The molecule has 6 heteroatoms. The third kappa shape index (κ3) is 3.36. The van der Waals surface area contributed by atoms with Crippen LogP contribution in [0.3, 0.4) is 0 Å². The van der Waals surface area contributed by atoms with E-state index in [0.717, 1.165) is 0 Å². The third-order valence-electron chi connectivity index (χ3n) is 2.50. The Kier molecular flexibility index (Phi) is 4.24. The van der Waals surface area contributed by atoms with Crippen molar-refractivity contribution in [3.8, 4) is 0 Å². The first-order chi connectivity index (χ1) is 9.10. The van der Waals surface area contributed by atoms with Crippen molar-refractivity contribution in [1.29, 1.82) is 0 Å². The monoisotopic (exact) mass is 296 g/mol. The first kappa shape index (κ1) is 13.6. The molecule has 1 heterocycles. The average molecular weight is 297 g/mol. The minimum absolute atomic E-state index is 0.0569. The summed E-state index contributed by atoms with van der Waals surface area (Å²) in [7, 11) is 0. The van der Waals surface area contributed by atoms with Gasteiger partial charge in [-0.25, -0.2) is 0 Å². The van der Waals surface area contributed by atoms with Crippen LogP contribution in [-0.2, 0) is 11.3 Å². The number of nitrogens with one attached hydrogen (secondary N) is 1. The van der Waals surface area contributed by atoms with Crippen LogP contribution in [0.4, 0.5) is 5.69 Å². The molecule has 1 aromatic carbocycles. The summed E-state index contributed by atoms with van der Waals surface area (Å²) in [6, 6.07) is 8.17. The summed E-state index contributed by atoms with van der Waals surface area (Å²) in [5.41, 5.74) is 1.00. The molecular weight excluding hydrogens is 287 g/mol. The van der Waals surface area contributed by atoms with Crippen LogP contribution in [0.2, 0.25) is 10.0 Å². The van der Waals surface area contributed by atoms with Crippen LogP contribution >= 0.6 is 23.2 Å². The number of rotatable bonds is 4. The Morgan fingerprint density at radius 2 is 2.05 bits per heavy atom. The van der Waals surface area contributed by atoms with E-state index in [0.29, 0.717) is 27.7 Å². The second kappa shape index (κ2) is 5.91. The zero-order chi connectivity index (χ0) is 13.8. The lowest BCUT2D eigenvalue weighted by Gasteiger charge is -2.08. The molecular formula is C13H10Cl2N2O2. The van der Waals surface area contributed by atoms with E-state index in [9.17, 15) is 9.59 Å². The number of carbonyl (C=O) groups is 2. The zero-order valence-corrected chi connectivity index (χ0v) is 11.3. The van der Waals surface area contributed by atoms with Gasteiger partial charge in [0, 0.05) is 11.9 Å². The van der Waals surface area contributed by atoms with Gasteiger partial charge >= 0.3 is 0 Å². The first-order valence-corrected chi connectivity index (χ1v) is 6.21. The maximum Gasteiger partial charge on any atom is 0.244 e. The molecule has 0 spiro atoms. The molecule has 0 aliphatic carbocycles. The number of amides is 1. The summed E-state index contributed by atoms with van der Waals surface area (Å²) < 4.78 is 1.56. The predicted octanol–water partition coefficient (Wildman–Crippen LogP) is 3.25. The highest BCUT2D eigenvalue weighted by Gasteiger charge is 2.07. The topological polar surface area (TPSA) is 51.1 Å². The van der Waals surface area contributed by atoms with E-state index in [2.05, 4.69) is 5.32 Å². The van der Waals surface area contributed by atoms with Crippen molar-refractivity contribution in [2.45, 2.75) is 6.54 Å². The zero-order valence-electron chi connectivity index (χ0n) is 9.77. The molecule has 0 atom stereocenters. The Morgan fingerprint density at radius 3 is 2.74 bits per heavy atom. The Balaban J connectivity index is 2.05. The standard InChI is InChI=1S/C13H10Cl2N2O2/c14-11-4-3-9(6-12(11)15)16-13(19)7-17-5-1-2-10(17)8-18/h1-6,8H,7H2,(H,16,19). The number of hydrogen-bond donors (Lipinski definition) is 1. The van der Waals surface area contributed by atoms with Gasteiger partial charge in [0.15, 0.2) is 6.29 Å². The summed E-state index contributed by atoms with van der Waals surface area (Å²) in [6.07, 6.45) is 2.37. The van der Waals surface area contributed by atoms with Gasteiger partial charge < -0.3 is 9.88 Å². The van der Waals surface area contributed by atoms with E-state index in [1.54, 1.807) is 41.1 Å². The number of benzene rings is 1. The van der Waals surface area contributed by atoms with E-state index in [-0.39, 0.29) is 12.5 Å². The number of aldehydes is 1. The van der Waals surface area contributed by atoms with Gasteiger partial charge in [0.1, 0.15) is 6.54 Å². The van der Waals surface area contributed by atoms with Crippen LogP contribution in [0, 0.1) is 0 Å². The molecule has 1 amide bonds. The normalized spacial score (nSPS) is 10.2. The van der Waals surface area contributed by atoms with Gasteiger partial charge in [-0.05, 0) is 30.3 Å². The van der Waals surface area contributed by atoms with Crippen molar-refractivity contribution in [3.63, 3.8) is 0 Å². The van der Waals surface area contributed by atoms with E-state index >= 15 is 0 Å². The molecule has 0 aliphatic rings. The summed E-state index contributed by atoms with van der Waals surface area (Å²) in [5.74, 6) is -0.252. The first-order valence-electron chi connectivity index (χ1n) is 5.45. The lowest BCUT2D eigenvalue weighted by atomic mass is 10.3. The number of carbonyl (C=O) groups excluding carboxylic acids is 2. The SMILES string of the molecule is O=Cc1cccn1CC(=O)Nc1ccc(Cl)c(Cl)c1. The molecule has 2 aromatic rings. The van der Waals surface area contributed by atoms with Crippen LogP contribution in [-0.4, -0.2) is 16.8 Å². The van der Waals surface area contributed by atoms with Crippen molar-refractivity contribution < 1.29 is 9.59 Å². The van der Waals surface area contributed by atoms with Crippen molar-refractivity contribution in [3.05, 3.63) is 52.3 Å². The fraction of sp³-hybridized carbons (Fsp3) is 0.0769. The number of nitrogens with zero attached hydrogens (tertiary/aromatic N) is 1. The Hall–Kier alpha value is -1.78. The minimum Gasteiger partial charge on any atom is -0.336 e. The molecule has 0 radical (unpaired) electrons. The molecule has 0 aliphatic heterocycles. The van der Waals surface area contributed by atoms with Crippen LogP contribution < -0.4 is 5.32 Å². The molecule has 0 saturated carbocycles. The van der Waals surface area contributed by atoms with Gasteiger partial charge in [-0.15, -0.1) is 0 Å². The quantitative estimate of drug-likeness (QED) is 0.881. The molecule has 2 rings (SSSR count). The third-order valence-corrected chi connectivity index (χ3v) is 3.24. The summed E-state index contributed by atoms with van der Waals surface area (Å²) in [6.45, 7) is 0.0569. The van der Waals surface area contributed by atoms with Crippen LogP contribution in [0.25, 0.3) is 0 Å². The Labute approximate surface area is 119 Å². The number of aromatic nitrogens is 1. The fourth-order valence-electron chi connectivity index (χ4n) is 1.61. The van der Waals surface area contributed by atoms with Gasteiger partial charge in [0.2, 0.25) is 5.91 Å². The molecule has 19 heavy (non-hydrogen) atoms. The summed E-state index contributed by atoms with van der Waals surface area (Å²) in [4.78, 5) is 22.5. The van der Waals surface area contributed by atoms with Crippen LogP contribution in [0.5, 0.6) is 0 Å². The van der Waals surface area contributed by atoms with E-state index in [4.69, 9.17) is 23.2 Å². The second-order valence-electron chi connectivity index (χ2n) is 3.86. The number of hydrogen-bond acceptors (Lipinski definition) is 2. The highest BCUT2D eigenvalue weighted by atomic mass is 35.5. The smallest absolute Gasteiger partial charge is 0.244 e. The molecule has 0 fully saturated rings. The van der Waals surface area contributed by atoms with E-state index in [1.165, 1.54) is 0 Å². The average Bonchev–Trinajstić information content (AvgIpc) is 2.81. The molecule has 98 valence electrons. The highest BCUT2D eigenvalue weighted by Crippen LogP contribution is 2.24. The van der Waals surface area contributed by atoms with Crippen molar-refractivity contribution >= 4 is 41.1 Å². The largest absolute Gasteiger partial charge is 0.336 e. The van der Waals surface area contributed by atoms with Crippen molar-refractivity contribution in [2.75, 3.05) is 5.32 Å². The Bertz CT molecular complexity index is 623. The van der Waals surface area contributed by atoms with Gasteiger partial charge in [-0.3, -0.25) is 9.59 Å². The van der Waals surface area contributed by atoms with Gasteiger partial charge in [-0.1, -0.05) is 23.2 Å². The predicted molar refractivity (Wildman–Crippen MR) is 74.9 cm³/mol. The molecule has 0 bridgehead atoms. The second-order valence-corrected chi connectivity index (χ2v) is 4.67. The Morgan fingerprint density at radius 1 is 1.26 bits per heavy atom. The highest BCUT2D eigenvalue weighted by molar-refractivity contribution is 6.42. The number of halogens is 2. The lowest BCUT2D eigenvalue weighted by Crippen LogP contribution is -2.19. The molecule has 4 nitrogen and oxygen atoms in total. The van der Waals surface area contributed by atoms with Gasteiger partial charge in [-0.2, -0.15) is 0 Å². The summed E-state index contributed by atoms with van der Waals surface area (Å²) >= 11 is 11.6. The van der Waals surface area contributed by atoms with Crippen LogP contribution in [0.1, 0.15) is 10.5 Å². The van der Waals surface area contributed by atoms with Gasteiger partial charge in [0.25, 0.3) is 0 Å². The molecule has 1 N–H and O–H groups in total. The summed E-state index contributed by atoms with van der Waals surface area (Å²) in [5, 5.41) is 3.47. The lowest BCUT2D eigenvalue weighted by molar-refractivity contribution is -0.116. The van der Waals surface area contributed by atoms with E-state index in [1.807, 2.05) is 0 Å². The van der Waals surface area contributed by atoms with Crippen molar-refractivity contribution in [2.24, 2.45) is 0 Å². The maximum absolute atomic E-state index is 11.8. The molecule has 1 aromatic heterocycles. The van der Waals surface area contributed by atoms with Crippen molar-refractivity contribution in [1.82, 2.24) is 4.57 Å². The van der Waals surface area contributed by atoms with E-state index < -0.39 is 0 Å². The maximum atomic E-state index is 11.8.